The molecule has 5 heterocycles. The van der Waals surface area contributed by atoms with Gasteiger partial charge in [0.25, 0.3) is 5.91 Å². The molecule has 1 N–H and O–H groups in total. The molecule has 2 aromatic carbocycles. The van der Waals surface area contributed by atoms with Crippen LogP contribution in [0.5, 0.6) is 5.75 Å². The summed E-state index contributed by atoms with van der Waals surface area (Å²) >= 11 is 6.68. The van der Waals surface area contributed by atoms with Crippen LogP contribution in [-0.2, 0) is 0 Å². The van der Waals surface area contributed by atoms with E-state index in [9.17, 15) is 18.4 Å². The number of aromatic nitrogens is 2. The molecule has 0 spiro atoms. The summed E-state index contributed by atoms with van der Waals surface area (Å²) < 4.78 is 36.5. The van der Waals surface area contributed by atoms with Gasteiger partial charge in [0.15, 0.2) is 5.65 Å². The van der Waals surface area contributed by atoms with Gasteiger partial charge in [-0.1, -0.05) is 24.4 Å². The minimum Gasteiger partial charge on any atom is -0.492 e. The standard InChI is InChI=1S/C36H41ClF2N6O3/c1-42(2)33-11-9-29-34(46)30(36(47)40-27-21-25(38)20-26(39)22-27)24-44(35(29)41-33)28-8-10-32(31(37)23-28)48-19-7-5-3-4-6-15-45-16-12-43(13-17-45)14-18-45/h8-11,20-24H,3-7,12-19H2,1-2H3/p+1. The Balaban J connectivity index is 1.13. The van der Waals surface area contributed by atoms with Crippen molar-refractivity contribution in [3.05, 3.63) is 87.2 Å². The predicted octanol–water partition coefficient (Wildman–Crippen LogP) is 6.11. The van der Waals surface area contributed by atoms with E-state index >= 15 is 0 Å². The molecule has 0 radical (unpaired) electrons. The van der Waals surface area contributed by atoms with Crippen molar-refractivity contribution in [3.63, 3.8) is 0 Å². The number of nitrogens with one attached hydrogen (secondary N) is 1. The second-order valence-electron chi connectivity index (χ2n) is 13.1. The number of nitrogens with zero attached hydrogens (tertiary/aromatic N) is 5. The molecule has 254 valence electrons. The van der Waals surface area contributed by atoms with Gasteiger partial charge in [0.2, 0.25) is 5.43 Å². The van der Waals surface area contributed by atoms with Gasteiger partial charge in [-0.2, -0.15) is 0 Å². The Morgan fingerprint density at radius 1 is 0.958 bits per heavy atom. The Hall–Kier alpha value is -4.06. The third kappa shape index (κ3) is 7.64. The molecule has 7 rings (SSSR count). The van der Waals surface area contributed by atoms with Crippen LogP contribution in [0.4, 0.5) is 20.3 Å². The maximum Gasteiger partial charge on any atom is 0.261 e. The van der Waals surface area contributed by atoms with Crippen molar-refractivity contribution in [2.75, 3.05) is 76.7 Å². The maximum absolute atomic E-state index is 13.8. The predicted molar refractivity (Wildman–Crippen MR) is 186 cm³/mol. The molecular weight excluding hydrogens is 638 g/mol. The highest BCUT2D eigenvalue weighted by atomic mass is 35.5. The molecule has 0 saturated carbocycles. The van der Waals surface area contributed by atoms with Crippen molar-refractivity contribution in [2.45, 2.75) is 32.1 Å². The van der Waals surface area contributed by atoms with Gasteiger partial charge in [0.05, 0.1) is 43.2 Å². The summed E-state index contributed by atoms with van der Waals surface area (Å²) in [4.78, 5) is 35.8. The van der Waals surface area contributed by atoms with Gasteiger partial charge in [-0.15, -0.1) is 0 Å². The van der Waals surface area contributed by atoms with Crippen molar-refractivity contribution < 1.29 is 22.8 Å². The summed E-state index contributed by atoms with van der Waals surface area (Å²) in [6, 6.07) is 11.2. The van der Waals surface area contributed by atoms with Gasteiger partial charge in [-0.3, -0.25) is 14.5 Å². The van der Waals surface area contributed by atoms with Crippen molar-refractivity contribution in [1.29, 1.82) is 0 Å². The number of halogens is 3. The topological polar surface area (TPSA) is 79.7 Å². The zero-order valence-electron chi connectivity index (χ0n) is 27.5. The first-order valence-corrected chi connectivity index (χ1v) is 17.0. The first-order chi connectivity index (χ1) is 23.1. The quantitative estimate of drug-likeness (QED) is 0.136. The molecule has 3 aliphatic heterocycles. The lowest BCUT2D eigenvalue weighted by atomic mass is 10.1. The van der Waals surface area contributed by atoms with Crippen molar-refractivity contribution in [2.24, 2.45) is 0 Å². The number of hydrogen-bond donors (Lipinski definition) is 1. The van der Waals surface area contributed by atoms with E-state index in [1.165, 1.54) is 75.8 Å². The molecule has 4 aromatic rings. The number of hydrogen-bond acceptors (Lipinski definition) is 6. The highest BCUT2D eigenvalue weighted by Crippen LogP contribution is 2.29. The summed E-state index contributed by atoms with van der Waals surface area (Å²) in [5.74, 6) is -1.38. The summed E-state index contributed by atoms with van der Waals surface area (Å²) in [6.45, 7) is 9.58. The zero-order chi connectivity index (χ0) is 33.8. The summed E-state index contributed by atoms with van der Waals surface area (Å²) in [7, 11) is 3.66. The Kier molecular flexibility index (Phi) is 10.3. The van der Waals surface area contributed by atoms with Crippen LogP contribution in [0.25, 0.3) is 16.7 Å². The van der Waals surface area contributed by atoms with Gasteiger partial charge in [0, 0.05) is 57.4 Å². The largest absolute Gasteiger partial charge is 0.492 e. The fourth-order valence-electron chi connectivity index (χ4n) is 6.71. The Morgan fingerprint density at radius 3 is 2.33 bits per heavy atom. The highest BCUT2D eigenvalue weighted by molar-refractivity contribution is 6.32. The number of fused-ring (bicyclic) bond motifs is 4. The molecule has 3 fully saturated rings. The lowest BCUT2D eigenvalue weighted by Crippen LogP contribution is -2.67. The second kappa shape index (κ2) is 14.6. The maximum atomic E-state index is 13.8. The lowest BCUT2D eigenvalue weighted by molar-refractivity contribution is -0.941. The van der Waals surface area contributed by atoms with E-state index in [1.54, 1.807) is 39.8 Å². The van der Waals surface area contributed by atoms with Crippen LogP contribution >= 0.6 is 11.6 Å². The number of carbonyl (C=O) groups is 1. The van der Waals surface area contributed by atoms with Crippen molar-refractivity contribution >= 4 is 40.0 Å². The number of benzene rings is 2. The van der Waals surface area contributed by atoms with E-state index in [1.807, 2.05) is 14.1 Å². The van der Waals surface area contributed by atoms with Gasteiger partial charge >= 0.3 is 0 Å². The molecule has 1 amide bonds. The fraction of sp³-hybridized carbons (Fsp3) is 0.417. The number of anilines is 2. The van der Waals surface area contributed by atoms with E-state index in [0.29, 0.717) is 40.6 Å². The number of rotatable bonds is 13. The monoisotopic (exact) mass is 679 g/mol. The Morgan fingerprint density at radius 2 is 1.65 bits per heavy atom. The van der Waals surface area contributed by atoms with Crippen molar-refractivity contribution in [1.82, 2.24) is 14.5 Å². The molecule has 9 nitrogen and oxygen atoms in total. The van der Waals surface area contributed by atoms with Crippen LogP contribution in [0.1, 0.15) is 42.5 Å². The number of ether oxygens (including phenoxy) is 1. The van der Waals surface area contributed by atoms with Crippen LogP contribution in [0, 0.1) is 11.6 Å². The van der Waals surface area contributed by atoms with Crippen LogP contribution in [0.3, 0.4) is 0 Å². The molecule has 2 aromatic heterocycles. The number of quaternary nitrogens is 1. The summed E-state index contributed by atoms with van der Waals surface area (Å²) in [5.41, 5.74) is -0.0501. The highest BCUT2D eigenvalue weighted by Gasteiger charge is 2.37. The van der Waals surface area contributed by atoms with E-state index in [2.05, 4.69) is 15.2 Å². The second-order valence-corrected chi connectivity index (χ2v) is 13.5. The lowest BCUT2D eigenvalue weighted by Gasteiger charge is -2.50. The van der Waals surface area contributed by atoms with Gasteiger partial charge in [-0.25, -0.2) is 13.8 Å². The molecule has 3 aliphatic rings. The van der Waals surface area contributed by atoms with E-state index in [-0.39, 0.29) is 16.6 Å². The van der Waals surface area contributed by atoms with Crippen LogP contribution in [0.2, 0.25) is 5.02 Å². The van der Waals surface area contributed by atoms with Gasteiger partial charge < -0.3 is 24.0 Å². The van der Waals surface area contributed by atoms with E-state index in [4.69, 9.17) is 16.3 Å². The molecule has 0 atom stereocenters. The Bertz CT molecular complexity index is 1820. The SMILES string of the molecule is CN(C)c1ccc2c(=O)c(C(=O)Nc3cc(F)cc(F)c3)cn(-c3ccc(OCCCCCCC[N+]45CCN(CC4)CC5)c(Cl)c3)c2n1. The molecule has 3 saturated heterocycles. The molecule has 0 unspecified atom stereocenters. The molecule has 2 bridgehead atoms. The number of piperazine rings is 3. The average molecular weight is 680 g/mol. The minimum absolute atomic E-state index is 0.113. The summed E-state index contributed by atoms with van der Waals surface area (Å²) in [6.07, 6.45) is 7.11. The van der Waals surface area contributed by atoms with Gasteiger partial charge in [-0.05, 0) is 61.7 Å². The third-order valence-corrected chi connectivity index (χ3v) is 9.85. The first kappa shape index (κ1) is 33.8. The number of amides is 1. The summed E-state index contributed by atoms with van der Waals surface area (Å²) in [5, 5.41) is 3.00. The first-order valence-electron chi connectivity index (χ1n) is 16.6. The van der Waals surface area contributed by atoms with E-state index in [0.717, 1.165) is 25.0 Å². The Labute approximate surface area is 284 Å². The van der Waals surface area contributed by atoms with Crippen molar-refractivity contribution in [3.8, 4) is 11.4 Å². The smallest absolute Gasteiger partial charge is 0.261 e. The van der Waals surface area contributed by atoms with Crippen LogP contribution in [0.15, 0.2) is 59.5 Å². The van der Waals surface area contributed by atoms with Crippen LogP contribution in [-0.4, -0.2) is 91.4 Å². The minimum atomic E-state index is -0.854. The molecule has 48 heavy (non-hydrogen) atoms. The number of carbonyl (C=O) groups excluding carboxylic acids is 1. The molecular formula is C36H42ClF2N6O3+. The fourth-order valence-corrected chi connectivity index (χ4v) is 6.94. The van der Waals surface area contributed by atoms with Crippen LogP contribution < -0.4 is 20.4 Å². The third-order valence-electron chi connectivity index (χ3n) is 9.56. The normalized spacial score (nSPS) is 18.6. The average Bonchev–Trinajstić information content (AvgIpc) is 3.07. The molecule has 12 heteroatoms. The molecule has 0 aliphatic carbocycles. The number of unbranched alkanes of at least 4 members (excludes halogenated alkanes) is 4. The zero-order valence-corrected chi connectivity index (χ0v) is 28.2. The van der Waals surface area contributed by atoms with E-state index < -0.39 is 23.0 Å². The van der Waals surface area contributed by atoms with Gasteiger partial charge in [0.1, 0.15) is 28.8 Å². The number of pyridine rings is 2.